The number of carbonyl (C=O) groups excluding carboxylic acids is 1. The Morgan fingerprint density at radius 3 is 2.71 bits per heavy atom. The minimum Gasteiger partial charge on any atom is -0.377 e. The van der Waals surface area contributed by atoms with Crippen LogP contribution in [-0.4, -0.2) is 48.2 Å². The lowest BCUT2D eigenvalue weighted by Crippen LogP contribution is -2.30. The van der Waals surface area contributed by atoms with Crippen molar-refractivity contribution in [1.29, 1.82) is 0 Å². The van der Waals surface area contributed by atoms with Crippen LogP contribution in [0.3, 0.4) is 0 Å². The van der Waals surface area contributed by atoms with E-state index in [0.29, 0.717) is 11.4 Å². The monoisotopic (exact) mass is 522 g/mol. The number of aromatic nitrogens is 5. The number of alkyl halides is 3. The summed E-state index contributed by atoms with van der Waals surface area (Å²) in [5.41, 5.74) is 7.72. The Kier molecular flexibility index (Phi) is 6.70. The standard InChI is InChI=1S/C26H25F3N8O/c1-2-11-36-12-3-4-17(15-36)22-20-8-10-32-25(30)37(20)23(35-22)16-5-6-19(33-14-16)24(38)34-21-13-18(7-9-31-21)26(27,28)29/h2,5-11,13-14,17H,3-4,12,15H2,1H3,(H2,30,32)(H,31,34,38). The molecule has 0 spiro atoms. The maximum atomic E-state index is 13.0. The van der Waals surface area contributed by atoms with Crippen molar-refractivity contribution in [3.63, 3.8) is 0 Å². The van der Waals surface area contributed by atoms with Gasteiger partial charge in [-0.1, -0.05) is 6.08 Å². The largest absolute Gasteiger partial charge is 0.416 e. The first-order chi connectivity index (χ1) is 18.2. The fraction of sp³-hybridized carbons (Fsp3) is 0.269. The first-order valence-electron chi connectivity index (χ1n) is 12.1. The highest BCUT2D eigenvalue weighted by Gasteiger charge is 2.31. The average Bonchev–Trinajstić information content (AvgIpc) is 3.30. The van der Waals surface area contributed by atoms with Gasteiger partial charge in [0.2, 0.25) is 5.95 Å². The molecule has 0 bridgehead atoms. The van der Waals surface area contributed by atoms with Crippen LogP contribution in [0, 0.1) is 0 Å². The zero-order valence-electron chi connectivity index (χ0n) is 20.5. The summed E-state index contributed by atoms with van der Waals surface area (Å²) in [5, 5.41) is 2.36. The van der Waals surface area contributed by atoms with E-state index in [4.69, 9.17) is 10.7 Å². The second-order valence-electron chi connectivity index (χ2n) is 8.97. The molecule has 0 aromatic carbocycles. The molecule has 1 fully saturated rings. The Labute approximate surface area is 216 Å². The third-order valence-corrected chi connectivity index (χ3v) is 6.39. The number of amides is 1. The highest BCUT2D eigenvalue weighted by Crippen LogP contribution is 2.34. The van der Waals surface area contributed by atoms with Crippen LogP contribution in [0.5, 0.6) is 0 Å². The molecule has 38 heavy (non-hydrogen) atoms. The molecular weight excluding hydrogens is 497 g/mol. The molecule has 4 aromatic heterocycles. The van der Waals surface area contributed by atoms with Crippen LogP contribution in [0.4, 0.5) is 24.9 Å². The van der Waals surface area contributed by atoms with Gasteiger partial charge in [-0.25, -0.2) is 15.0 Å². The van der Waals surface area contributed by atoms with Crippen molar-refractivity contribution < 1.29 is 18.0 Å². The summed E-state index contributed by atoms with van der Waals surface area (Å²) in [5.74, 6) is 0.100. The molecule has 1 saturated heterocycles. The smallest absolute Gasteiger partial charge is 0.377 e. The highest BCUT2D eigenvalue weighted by molar-refractivity contribution is 6.02. The van der Waals surface area contributed by atoms with Gasteiger partial charge in [-0.2, -0.15) is 13.2 Å². The number of nitrogens with two attached hydrogens (primary N) is 1. The lowest BCUT2D eigenvalue weighted by Gasteiger charge is -2.31. The van der Waals surface area contributed by atoms with Crippen molar-refractivity contribution in [2.75, 3.05) is 24.1 Å². The van der Waals surface area contributed by atoms with E-state index < -0.39 is 17.6 Å². The Balaban J connectivity index is 1.43. The number of pyridine rings is 2. The first kappa shape index (κ1) is 25.2. The SMILES string of the molecule is CC=CN1CCCC(c2nc(-c3ccc(C(=O)Nc4cc(C(F)(F)F)ccn4)nc3)n3c(N)nccc23)C1. The number of nitrogens with one attached hydrogen (secondary N) is 1. The van der Waals surface area contributed by atoms with Gasteiger partial charge in [0.25, 0.3) is 5.91 Å². The van der Waals surface area contributed by atoms with E-state index in [1.54, 1.807) is 16.7 Å². The van der Waals surface area contributed by atoms with Crippen molar-refractivity contribution in [3.05, 3.63) is 78.1 Å². The van der Waals surface area contributed by atoms with Crippen molar-refractivity contribution in [2.45, 2.75) is 31.9 Å². The predicted octanol–water partition coefficient (Wildman–Crippen LogP) is 4.75. The third kappa shape index (κ3) is 5.01. The van der Waals surface area contributed by atoms with E-state index in [1.165, 1.54) is 12.3 Å². The number of carbonyl (C=O) groups is 1. The molecule has 12 heteroatoms. The van der Waals surface area contributed by atoms with Gasteiger partial charge in [0.05, 0.1) is 16.8 Å². The number of likely N-dealkylation sites (tertiary alicyclic amines) is 1. The molecule has 9 nitrogen and oxygen atoms in total. The molecule has 0 aliphatic carbocycles. The quantitative estimate of drug-likeness (QED) is 0.389. The van der Waals surface area contributed by atoms with Crippen molar-refractivity contribution in [2.24, 2.45) is 0 Å². The number of hydrogen-bond donors (Lipinski definition) is 2. The predicted molar refractivity (Wildman–Crippen MR) is 136 cm³/mol. The lowest BCUT2D eigenvalue weighted by atomic mass is 9.94. The molecule has 1 aliphatic rings. The van der Waals surface area contributed by atoms with Crippen LogP contribution in [0.25, 0.3) is 16.9 Å². The summed E-state index contributed by atoms with van der Waals surface area (Å²) in [6, 6.07) is 6.62. The van der Waals surface area contributed by atoms with E-state index in [9.17, 15) is 18.0 Å². The molecular formula is C26H25F3N8O. The number of halogens is 3. The molecule has 1 unspecified atom stereocenters. The summed E-state index contributed by atoms with van der Waals surface area (Å²) in [4.78, 5) is 32.1. The van der Waals surface area contributed by atoms with Gasteiger partial charge < -0.3 is 16.0 Å². The lowest BCUT2D eigenvalue weighted by molar-refractivity contribution is -0.137. The van der Waals surface area contributed by atoms with Crippen LogP contribution >= 0.6 is 0 Å². The van der Waals surface area contributed by atoms with E-state index >= 15 is 0 Å². The maximum Gasteiger partial charge on any atom is 0.416 e. The second kappa shape index (κ2) is 10.1. The molecule has 3 N–H and O–H groups in total. The molecule has 0 saturated carbocycles. The number of rotatable bonds is 5. The van der Waals surface area contributed by atoms with Crippen LogP contribution in [0.15, 0.2) is 61.2 Å². The number of anilines is 2. The van der Waals surface area contributed by atoms with Gasteiger partial charge in [-0.15, -0.1) is 0 Å². The minimum atomic E-state index is -4.55. The van der Waals surface area contributed by atoms with Crippen molar-refractivity contribution in [1.82, 2.24) is 29.2 Å². The first-order valence-corrected chi connectivity index (χ1v) is 12.1. The fourth-order valence-corrected chi connectivity index (χ4v) is 4.67. The van der Waals surface area contributed by atoms with E-state index in [0.717, 1.165) is 55.5 Å². The summed E-state index contributed by atoms with van der Waals surface area (Å²) in [7, 11) is 0. The van der Waals surface area contributed by atoms with Crippen LogP contribution < -0.4 is 11.1 Å². The number of fused-ring (bicyclic) bond motifs is 1. The highest BCUT2D eigenvalue weighted by atomic mass is 19.4. The minimum absolute atomic E-state index is 0.00872. The normalized spacial score (nSPS) is 16.3. The number of piperidine rings is 1. The Morgan fingerprint density at radius 2 is 1.97 bits per heavy atom. The van der Waals surface area contributed by atoms with Gasteiger partial charge in [-0.05, 0) is 56.3 Å². The van der Waals surface area contributed by atoms with Crippen LogP contribution in [0.1, 0.15) is 47.4 Å². The number of hydrogen-bond acceptors (Lipinski definition) is 7. The summed E-state index contributed by atoms with van der Waals surface area (Å²) in [6.07, 6.45) is 5.70. The Morgan fingerprint density at radius 1 is 1.16 bits per heavy atom. The topological polar surface area (TPSA) is 114 Å². The van der Waals surface area contributed by atoms with Gasteiger partial charge in [0.15, 0.2) is 0 Å². The van der Waals surface area contributed by atoms with E-state index in [1.807, 2.05) is 19.1 Å². The van der Waals surface area contributed by atoms with Gasteiger partial charge in [0.1, 0.15) is 17.3 Å². The van der Waals surface area contributed by atoms with Gasteiger partial charge in [0, 0.05) is 43.2 Å². The fourth-order valence-electron chi connectivity index (χ4n) is 4.67. The van der Waals surface area contributed by atoms with Crippen molar-refractivity contribution in [3.8, 4) is 11.4 Å². The summed E-state index contributed by atoms with van der Waals surface area (Å²) < 4.78 is 40.7. The molecule has 0 radical (unpaired) electrons. The molecule has 196 valence electrons. The molecule has 4 aromatic rings. The summed E-state index contributed by atoms with van der Waals surface area (Å²) >= 11 is 0. The van der Waals surface area contributed by atoms with Gasteiger partial charge in [-0.3, -0.25) is 14.2 Å². The average molecular weight is 523 g/mol. The Hall–Kier alpha value is -4.48. The zero-order valence-corrected chi connectivity index (χ0v) is 20.5. The molecule has 1 aliphatic heterocycles. The maximum absolute atomic E-state index is 13.0. The molecule has 1 amide bonds. The number of imidazole rings is 1. The van der Waals surface area contributed by atoms with Crippen LogP contribution in [-0.2, 0) is 6.18 Å². The number of nitrogens with zero attached hydrogens (tertiary/aromatic N) is 6. The van der Waals surface area contributed by atoms with E-state index in [2.05, 4.69) is 31.4 Å². The zero-order chi connectivity index (χ0) is 26.9. The summed E-state index contributed by atoms with van der Waals surface area (Å²) in [6.45, 7) is 3.82. The molecule has 5 heterocycles. The number of nitrogen functional groups attached to an aromatic ring is 1. The number of allylic oxidation sites excluding steroid dienone is 1. The van der Waals surface area contributed by atoms with Gasteiger partial charge >= 0.3 is 6.18 Å². The van der Waals surface area contributed by atoms with E-state index in [-0.39, 0.29) is 23.4 Å². The second-order valence-corrected chi connectivity index (χ2v) is 8.97. The molecule has 5 rings (SSSR count). The molecule has 1 atom stereocenters. The van der Waals surface area contributed by atoms with Crippen LogP contribution in [0.2, 0.25) is 0 Å². The third-order valence-electron chi connectivity index (χ3n) is 6.39. The Bertz CT molecular complexity index is 1500. The van der Waals surface area contributed by atoms with Crippen molar-refractivity contribution >= 4 is 23.2 Å².